The number of aromatic nitrogens is 4. The lowest BCUT2D eigenvalue weighted by Gasteiger charge is -2.19. The van der Waals surface area contributed by atoms with Crippen LogP contribution in [-0.4, -0.2) is 33.8 Å². The zero-order valence-electron chi connectivity index (χ0n) is 13.9. The molecule has 8 heteroatoms. The number of aryl methyl sites for hydroxylation is 3. The van der Waals surface area contributed by atoms with E-state index in [0.29, 0.717) is 12.0 Å². The van der Waals surface area contributed by atoms with Crippen molar-refractivity contribution in [1.82, 2.24) is 20.2 Å². The van der Waals surface area contributed by atoms with E-state index < -0.39 is 0 Å². The predicted octanol–water partition coefficient (Wildman–Crippen LogP) is 2.55. The van der Waals surface area contributed by atoms with Gasteiger partial charge >= 0.3 is 0 Å². The van der Waals surface area contributed by atoms with E-state index in [1.165, 1.54) is 10.4 Å². The summed E-state index contributed by atoms with van der Waals surface area (Å²) >= 11 is 1.70. The monoisotopic (exact) mass is 341 g/mol. The van der Waals surface area contributed by atoms with Crippen LogP contribution in [0.2, 0.25) is 0 Å². The average Bonchev–Trinajstić information content (AvgIpc) is 3.07. The smallest absolute Gasteiger partial charge is 0.163 e. The quantitative estimate of drug-likeness (QED) is 0.738. The van der Waals surface area contributed by atoms with Gasteiger partial charge in [-0.1, -0.05) is 0 Å². The van der Waals surface area contributed by atoms with Gasteiger partial charge in [-0.3, -0.25) is 5.10 Å². The number of nitriles is 1. The van der Waals surface area contributed by atoms with E-state index in [1.807, 2.05) is 7.05 Å². The number of hydrogen-bond donors (Lipinski definition) is 2. The Bertz CT molecular complexity index is 919. The van der Waals surface area contributed by atoms with Crippen molar-refractivity contribution in [2.45, 2.75) is 26.7 Å². The summed E-state index contributed by atoms with van der Waals surface area (Å²) in [7, 11) is 2.03. The lowest BCUT2D eigenvalue weighted by atomic mass is 10.1. The molecule has 0 aliphatic rings. The number of nitrogens with two attached hydrogens (primary N) is 1. The summed E-state index contributed by atoms with van der Waals surface area (Å²) in [5, 5.41) is 17.0. The summed E-state index contributed by atoms with van der Waals surface area (Å²) in [5.41, 5.74) is 8.15. The van der Waals surface area contributed by atoms with Crippen LogP contribution in [0.1, 0.15) is 28.1 Å². The minimum atomic E-state index is 0.266. The van der Waals surface area contributed by atoms with Crippen LogP contribution >= 0.6 is 11.3 Å². The summed E-state index contributed by atoms with van der Waals surface area (Å²) < 4.78 is 0. The maximum Gasteiger partial charge on any atom is 0.163 e. The standard InChI is InChI=1S/C16H19N7S/c1-9-10(2)24-16-13(9)15(19-8-20-16)23(3)6-4-5-12-11(7-17)14(18)22-21-12/h8H,4-6H2,1-3H3,(H3,18,21,22). The van der Waals surface area contributed by atoms with Gasteiger partial charge in [0.25, 0.3) is 0 Å². The molecule has 124 valence electrons. The van der Waals surface area contributed by atoms with Gasteiger partial charge < -0.3 is 10.6 Å². The number of nitrogen functional groups attached to an aromatic ring is 1. The number of hydrogen-bond acceptors (Lipinski definition) is 7. The highest BCUT2D eigenvalue weighted by Crippen LogP contribution is 2.33. The minimum absolute atomic E-state index is 0.266. The zero-order valence-corrected chi connectivity index (χ0v) is 14.7. The Labute approximate surface area is 144 Å². The van der Waals surface area contributed by atoms with Crippen LogP contribution < -0.4 is 10.6 Å². The van der Waals surface area contributed by atoms with Crippen LogP contribution in [-0.2, 0) is 6.42 Å². The van der Waals surface area contributed by atoms with Crippen molar-refractivity contribution in [3.05, 3.63) is 28.0 Å². The van der Waals surface area contributed by atoms with E-state index in [1.54, 1.807) is 17.7 Å². The van der Waals surface area contributed by atoms with Crippen molar-refractivity contribution in [2.24, 2.45) is 0 Å². The number of H-pyrrole nitrogens is 1. The molecule has 0 fully saturated rings. The number of aromatic amines is 1. The van der Waals surface area contributed by atoms with Crippen LogP contribution in [0, 0.1) is 25.2 Å². The van der Waals surface area contributed by atoms with Crippen LogP contribution in [0.25, 0.3) is 10.2 Å². The summed E-state index contributed by atoms with van der Waals surface area (Å²) in [6.45, 7) is 5.03. The molecule has 0 saturated heterocycles. The molecular formula is C16H19N7S. The Morgan fingerprint density at radius 1 is 1.38 bits per heavy atom. The van der Waals surface area contributed by atoms with Crippen molar-refractivity contribution in [1.29, 1.82) is 5.26 Å². The number of rotatable bonds is 5. The number of nitrogens with one attached hydrogen (secondary N) is 1. The summed E-state index contributed by atoms with van der Waals surface area (Å²) in [6.07, 6.45) is 3.20. The van der Waals surface area contributed by atoms with Crippen LogP contribution in [0.3, 0.4) is 0 Å². The van der Waals surface area contributed by atoms with Crippen LogP contribution in [0.5, 0.6) is 0 Å². The second-order valence-electron chi connectivity index (χ2n) is 5.76. The first-order valence-electron chi connectivity index (χ1n) is 7.67. The van der Waals surface area contributed by atoms with E-state index in [0.717, 1.165) is 34.7 Å². The first kappa shape index (κ1) is 16.2. The van der Waals surface area contributed by atoms with E-state index in [9.17, 15) is 0 Å². The first-order chi connectivity index (χ1) is 11.5. The summed E-state index contributed by atoms with van der Waals surface area (Å²) in [6, 6.07) is 2.10. The maximum absolute atomic E-state index is 9.11. The van der Waals surface area contributed by atoms with Gasteiger partial charge in [0.05, 0.1) is 11.1 Å². The molecule has 0 spiro atoms. The predicted molar refractivity (Wildman–Crippen MR) is 96.2 cm³/mol. The molecule has 0 aliphatic heterocycles. The molecule has 0 amide bonds. The molecule has 0 unspecified atom stereocenters. The molecule has 0 aliphatic carbocycles. The van der Waals surface area contributed by atoms with Gasteiger partial charge in [0, 0.05) is 18.5 Å². The number of anilines is 2. The fourth-order valence-electron chi connectivity index (χ4n) is 2.75. The van der Waals surface area contributed by atoms with E-state index in [4.69, 9.17) is 11.0 Å². The largest absolute Gasteiger partial charge is 0.381 e. The number of thiophene rings is 1. The molecule has 0 bridgehead atoms. The average molecular weight is 341 g/mol. The van der Waals surface area contributed by atoms with Gasteiger partial charge in [0.2, 0.25) is 0 Å². The van der Waals surface area contributed by atoms with Gasteiger partial charge in [0.15, 0.2) is 5.82 Å². The van der Waals surface area contributed by atoms with Crippen LogP contribution in [0.15, 0.2) is 6.33 Å². The molecule has 3 aromatic rings. The van der Waals surface area contributed by atoms with Gasteiger partial charge in [-0.2, -0.15) is 10.4 Å². The Kier molecular flexibility index (Phi) is 4.36. The normalized spacial score (nSPS) is 10.9. The lowest BCUT2D eigenvalue weighted by molar-refractivity contribution is 0.760. The van der Waals surface area contributed by atoms with Crippen molar-refractivity contribution >= 4 is 33.2 Å². The van der Waals surface area contributed by atoms with Crippen molar-refractivity contribution in [3.63, 3.8) is 0 Å². The van der Waals surface area contributed by atoms with Crippen LogP contribution in [0.4, 0.5) is 11.6 Å². The second-order valence-corrected chi connectivity index (χ2v) is 6.96. The van der Waals surface area contributed by atoms with Gasteiger partial charge in [0.1, 0.15) is 28.6 Å². The SMILES string of the molecule is Cc1sc2ncnc(N(C)CCCc3[nH]nc(N)c3C#N)c2c1C. The molecular weight excluding hydrogens is 322 g/mol. The lowest BCUT2D eigenvalue weighted by Crippen LogP contribution is -2.20. The van der Waals surface area contributed by atoms with Gasteiger partial charge in [-0.05, 0) is 32.3 Å². The Hall–Kier alpha value is -2.66. The van der Waals surface area contributed by atoms with E-state index in [-0.39, 0.29) is 5.82 Å². The fraction of sp³-hybridized carbons (Fsp3) is 0.375. The highest BCUT2D eigenvalue weighted by Gasteiger charge is 2.15. The Morgan fingerprint density at radius 3 is 2.92 bits per heavy atom. The molecule has 3 aromatic heterocycles. The Morgan fingerprint density at radius 2 is 2.17 bits per heavy atom. The van der Waals surface area contributed by atoms with E-state index in [2.05, 4.69) is 45.0 Å². The molecule has 3 rings (SSSR count). The highest BCUT2D eigenvalue weighted by atomic mass is 32.1. The number of nitrogens with zero attached hydrogens (tertiary/aromatic N) is 5. The van der Waals surface area contributed by atoms with E-state index >= 15 is 0 Å². The zero-order chi connectivity index (χ0) is 17.3. The van der Waals surface area contributed by atoms with Gasteiger partial charge in [-0.15, -0.1) is 11.3 Å². The summed E-state index contributed by atoms with van der Waals surface area (Å²) in [5.74, 6) is 1.22. The molecule has 0 saturated carbocycles. The third-order valence-electron chi connectivity index (χ3n) is 4.21. The van der Waals surface area contributed by atoms with Gasteiger partial charge in [-0.25, -0.2) is 9.97 Å². The van der Waals surface area contributed by atoms with Crippen molar-refractivity contribution in [3.8, 4) is 6.07 Å². The van der Waals surface area contributed by atoms with Crippen molar-refractivity contribution < 1.29 is 0 Å². The molecule has 0 aromatic carbocycles. The third kappa shape index (κ3) is 2.78. The highest BCUT2D eigenvalue weighted by molar-refractivity contribution is 7.18. The third-order valence-corrected chi connectivity index (χ3v) is 5.32. The second kappa shape index (κ2) is 6.45. The minimum Gasteiger partial charge on any atom is -0.381 e. The molecule has 7 nitrogen and oxygen atoms in total. The maximum atomic E-state index is 9.11. The fourth-order valence-corrected chi connectivity index (χ4v) is 3.74. The number of fused-ring (bicyclic) bond motifs is 1. The topological polar surface area (TPSA) is 108 Å². The molecule has 0 atom stereocenters. The Balaban J connectivity index is 1.74. The molecule has 24 heavy (non-hydrogen) atoms. The first-order valence-corrected chi connectivity index (χ1v) is 8.49. The molecule has 3 heterocycles. The van der Waals surface area contributed by atoms with Crippen molar-refractivity contribution in [2.75, 3.05) is 24.2 Å². The molecule has 3 N–H and O–H groups in total. The summed E-state index contributed by atoms with van der Waals surface area (Å²) in [4.78, 5) is 13.3. The molecule has 0 radical (unpaired) electrons.